The van der Waals surface area contributed by atoms with Gasteiger partial charge in [-0.25, -0.2) is 4.68 Å². The summed E-state index contributed by atoms with van der Waals surface area (Å²) in [6.45, 7) is 11.4. The molecule has 0 aliphatic rings. The second-order valence-electron chi connectivity index (χ2n) is 10.0. The van der Waals surface area contributed by atoms with Crippen molar-refractivity contribution in [1.82, 2.24) is 14.7 Å². The van der Waals surface area contributed by atoms with Crippen molar-refractivity contribution in [3.8, 4) is 28.6 Å². The van der Waals surface area contributed by atoms with Crippen LogP contribution in [0.1, 0.15) is 33.3 Å². The van der Waals surface area contributed by atoms with Crippen molar-refractivity contribution in [2.75, 3.05) is 33.4 Å². The van der Waals surface area contributed by atoms with Crippen LogP contribution < -0.4 is 9.47 Å². The Morgan fingerprint density at radius 1 is 0.889 bits per heavy atom. The quantitative estimate of drug-likeness (QED) is 0.324. The first-order valence-corrected chi connectivity index (χ1v) is 12.7. The van der Waals surface area contributed by atoms with Crippen LogP contribution in [0.5, 0.6) is 17.4 Å². The standard InChI is InChI=1S/C29H41N3O4/c1-21(2)16-32(17-24(33)20-35-19-22(3)4)18-25-28(23-12-8-7-9-13-23)30-31(5)29(25)36-27-15-11-10-14-26(27)34-6/h7-15,21-22,24,33H,16-20H2,1-6H3/t24-/m0/s1. The van der Waals surface area contributed by atoms with Crippen LogP contribution in [-0.4, -0.2) is 59.3 Å². The van der Waals surface area contributed by atoms with Crippen LogP contribution in [0.4, 0.5) is 0 Å². The summed E-state index contributed by atoms with van der Waals surface area (Å²) in [5.74, 6) is 2.79. The Labute approximate surface area is 215 Å². The molecule has 0 radical (unpaired) electrons. The number of hydrogen-bond acceptors (Lipinski definition) is 6. The Balaban J connectivity index is 1.95. The zero-order valence-corrected chi connectivity index (χ0v) is 22.5. The highest BCUT2D eigenvalue weighted by Crippen LogP contribution is 2.37. The summed E-state index contributed by atoms with van der Waals surface area (Å²) in [6, 6.07) is 17.7. The Kier molecular flexibility index (Phi) is 10.3. The van der Waals surface area contributed by atoms with E-state index in [1.165, 1.54) is 0 Å². The zero-order valence-electron chi connectivity index (χ0n) is 22.5. The van der Waals surface area contributed by atoms with Gasteiger partial charge in [0.15, 0.2) is 11.5 Å². The lowest BCUT2D eigenvalue weighted by Gasteiger charge is -2.27. The van der Waals surface area contributed by atoms with Crippen LogP contribution in [0.25, 0.3) is 11.3 Å². The predicted molar refractivity (Wildman–Crippen MR) is 143 cm³/mol. The minimum absolute atomic E-state index is 0.315. The smallest absolute Gasteiger partial charge is 0.222 e. The van der Waals surface area contributed by atoms with E-state index >= 15 is 0 Å². The van der Waals surface area contributed by atoms with E-state index in [4.69, 9.17) is 19.3 Å². The molecular formula is C29H41N3O4. The van der Waals surface area contributed by atoms with E-state index in [9.17, 15) is 5.11 Å². The molecule has 7 heteroatoms. The SMILES string of the molecule is COc1ccccc1Oc1c(CN(CC(C)C)C[C@H](O)COCC(C)C)c(-c2ccccc2)nn1C. The second-order valence-corrected chi connectivity index (χ2v) is 10.0. The molecule has 1 atom stereocenters. The van der Waals surface area contributed by atoms with Crippen molar-refractivity contribution >= 4 is 0 Å². The third-order valence-corrected chi connectivity index (χ3v) is 5.65. The summed E-state index contributed by atoms with van der Waals surface area (Å²) >= 11 is 0. The molecule has 0 unspecified atom stereocenters. The zero-order chi connectivity index (χ0) is 26.1. The van der Waals surface area contributed by atoms with Crippen LogP contribution in [0.2, 0.25) is 0 Å². The van der Waals surface area contributed by atoms with Gasteiger partial charge in [0, 0.05) is 38.9 Å². The number of benzene rings is 2. The van der Waals surface area contributed by atoms with Gasteiger partial charge in [0.05, 0.1) is 25.4 Å². The topological polar surface area (TPSA) is 69.0 Å². The number of methoxy groups -OCH3 is 1. The van der Waals surface area contributed by atoms with Gasteiger partial charge >= 0.3 is 0 Å². The number of aryl methyl sites for hydroxylation is 1. The normalized spacial score (nSPS) is 12.5. The molecule has 0 aliphatic carbocycles. The van der Waals surface area contributed by atoms with Crippen LogP contribution >= 0.6 is 0 Å². The summed E-state index contributed by atoms with van der Waals surface area (Å²) in [4.78, 5) is 2.26. The summed E-state index contributed by atoms with van der Waals surface area (Å²) in [7, 11) is 3.52. The van der Waals surface area contributed by atoms with E-state index < -0.39 is 6.10 Å². The van der Waals surface area contributed by atoms with E-state index in [1.807, 2.05) is 49.5 Å². The minimum Gasteiger partial charge on any atom is -0.493 e. The number of aliphatic hydroxyl groups is 1. The fraction of sp³-hybridized carbons (Fsp3) is 0.483. The van der Waals surface area contributed by atoms with Gasteiger partial charge in [0.25, 0.3) is 0 Å². The Hall–Kier alpha value is -2.87. The molecule has 0 spiro atoms. The second kappa shape index (κ2) is 13.4. The van der Waals surface area contributed by atoms with Crippen molar-refractivity contribution < 1.29 is 19.3 Å². The fourth-order valence-electron chi connectivity index (χ4n) is 4.19. The highest BCUT2D eigenvalue weighted by atomic mass is 16.5. The van der Waals surface area contributed by atoms with E-state index in [-0.39, 0.29) is 0 Å². The average Bonchev–Trinajstić information content (AvgIpc) is 3.14. The largest absolute Gasteiger partial charge is 0.493 e. The lowest BCUT2D eigenvalue weighted by Crippen LogP contribution is -2.37. The Bertz CT molecular complexity index is 1070. The molecule has 0 fully saturated rings. The molecule has 196 valence electrons. The van der Waals surface area contributed by atoms with Gasteiger partial charge < -0.3 is 19.3 Å². The predicted octanol–water partition coefficient (Wildman–Crippen LogP) is 5.38. The summed E-state index contributed by atoms with van der Waals surface area (Å²) in [5.41, 5.74) is 2.84. The molecule has 36 heavy (non-hydrogen) atoms. The lowest BCUT2D eigenvalue weighted by atomic mass is 10.1. The van der Waals surface area contributed by atoms with Gasteiger partial charge in [-0.1, -0.05) is 70.2 Å². The molecule has 0 aliphatic heterocycles. The van der Waals surface area contributed by atoms with Crippen LogP contribution in [0.15, 0.2) is 54.6 Å². The maximum atomic E-state index is 10.8. The van der Waals surface area contributed by atoms with Crippen LogP contribution in [-0.2, 0) is 18.3 Å². The minimum atomic E-state index is -0.585. The third-order valence-electron chi connectivity index (χ3n) is 5.65. The van der Waals surface area contributed by atoms with Crippen molar-refractivity contribution in [2.24, 2.45) is 18.9 Å². The molecule has 1 heterocycles. The van der Waals surface area contributed by atoms with Gasteiger partial charge in [-0.3, -0.25) is 4.90 Å². The molecule has 3 rings (SSSR count). The Morgan fingerprint density at radius 2 is 1.56 bits per heavy atom. The van der Waals surface area contributed by atoms with Gasteiger partial charge in [0.2, 0.25) is 5.88 Å². The van der Waals surface area contributed by atoms with Gasteiger partial charge in [-0.05, 0) is 24.0 Å². The summed E-state index contributed by atoms with van der Waals surface area (Å²) in [6.07, 6.45) is -0.585. The first-order chi connectivity index (χ1) is 17.3. The van der Waals surface area contributed by atoms with E-state index in [1.54, 1.807) is 11.8 Å². The average molecular weight is 496 g/mol. The van der Waals surface area contributed by atoms with Crippen LogP contribution in [0.3, 0.4) is 0 Å². The first-order valence-electron chi connectivity index (χ1n) is 12.7. The molecule has 0 amide bonds. The van der Waals surface area contributed by atoms with Gasteiger partial charge in [0.1, 0.15) is 5.69 Å². The number of rotatable bonds is 14. The third kappa shape index (κ3) is 7.82. The molecule has 0 saturated carbocycles. The Morgan fingerprint density at radius 3 is 2.19 bits per heavy atom. The molecule has 1 N–H and O–H groups in total. The first kappa shape index (κ1) is 27.7. The van der Waals surface area contributed by atoms with E-state index in [0.29, 0.717) is 55.5 Å². The van der Waals surface area contributed by atoms with Crippen molar-refractivity contribution in [1.29, 1.82) is 0 Å². The molecule has 1 aromatic heterocycles. The van der Waals surface area contributed by atoms with Gasteiger partial charge in [-0.15, -0.1) is 0 Å². The molecular weight excluding hydrogens is 454 g/mol. The van der Waals surface area contributed by atoms with Crippen molar-refractivity contribution in [3.05, 3.63) is 60.2 Å². The maximum absolute atomic E-state index is 10.8. The number of ether oxygens (including phenoxy) is 3. The number of hydrogen-bond donors (Lipinski definition) is 1. The highest BCUT2D eigenvalue weighted by molar-refractivity contribution is 5.66. The molecule has 7 nitrogen and oxygen atoms in total. The highest BCUT2D eigenvalue weighted by Gasteiger charge is 2.24. The summed E-state index contributed by atoms with van der Waals surface area (Å²) in [5, 5.41) is 15.6. The van der Waals surface area contributed by atoms with Crippen molar-refractivity contribution in [3.63, 3.8) is 0 Å². The lowest BCUT2D eigenvalue weighted by molar-refractivity contribution is 0.00516. The molecule has 2 aromatic carbocycles. The number of nitrogens with zero attached hydrogens (tertiary/aromatic N) is 3. The molecule has 0 saturated heterocycles. The molecule has 3 aromatic rings. The maximum Gasteiger partial charge on any atom is 0.222 e. The number of para-hydroxylation sites is 2. The summed E-state index contributed by atoms with van der Waals surface area (Å²) < 4.78 is 19.4. The molecule has 0 bridgehead atoms. The fourth-order valence-corrected chi connectivity index (χ4v) is 4.19. The monoisotopic (exact) mass is 495 g/mol. The van der Waals surface area contributed by atoms with Crippen LogP contribution in [0, 0.1) is 11.8 Å². The van der Waals surface area contributed by atoms with Crippen molar-refractivity contribution in [2.45, 2.75) is 40.3 Å². The van der Waals surface area contributed by atoms with E-state index in [0.717, 1.165) is 23.4 Å². The number of aliphatic hydroxyl groups excluding tert-OH is 1. The van der Waals surface area contributed by atoms with E-state index in [2.05, 4.69) is 44.7 Å². The van der Waals surface area contributed by atoms with Gasteiger partial charge in [-0.2, -0.15) is 5.10 Å². The number of aromatic nitrogens is 2.